The molecule has 0 aromatic heterocycles. The Morgan fingerprint density at radius 2 is 1.88 bits per heavy atom. The Morgan fingerprint density at radius 1 is 1.00 bits per heavy atom. The van der Waals surface area contributed by atoms with Crippen molar-refractivity contribution >= 4 is 16.8 Å². The molecule has 0 fully saturated rings. The number of hydrogen-bond donors (Lipinski definition) is 1. The number of aliphatic hydroxyl groups is 1. The van der Waals surface area contributed by atoms with Gasteiger partial charge in [-0.2, -0.15) is 0 Å². The molecule has 1 nitrogen and oxygen atoms in total. The molecule has 1 N–H and O–H groups in total. The van der Waals surface area contributed by atoms with E-state index in [4.69, 9.17) is 0 Å². The number of rotatable bonds is 0. The van der Waals surface area contributed by atoms with E-state index >= 15 is 0 Å². The molecule has 0 amide bonds. The molecule has 16 heavy (non-hydrogen) atoms. The van der Waals surface area contributed by atoms with E-state index in [-0.39, 0.29) is 0 Å². The second-order valence-corrected chi connectivity index (χ2v) is 4.05. The van der Waals surface area contributed by atoms with Gasteiger partial charge in [-0.25, -0.2) is 0 Å². The molecule has 0 saturated carbocycles. The van der Waals surface area contributed by atoms with Crippen LogP contribution in [-0.2, 0) is 6.42 Å². The average Bonchev–Trinajstić information content (AvgIpc) is 2.50. The maximum atomic E-state index is 9.62. The molecule has 3 rings (SSSR count). The summed E-state index contributed by atoms with van der Waals surface area (Å²) in [6, 6.07) is 12.5. The zero-order valence-electron chi connectivity index (χ0n) is 8.85. The summed E-state index contributed by atoms with van der Waals surface area (Å²) in [5.74, 6) is 0.422. The predicted molar refractivity (Wildman–Crippen MR) is 67.4 cm³/mol. The molecule has 2 aromatic carbocycles. The highest BCUT2D eigenvalue weighted by molar-refractivity contribution is 5.92. The fourth-order valence-corrected chi connectivity index (χ4v) is 2.20. The van der Waals surface area contributed by atoms with Crippen molar-refractivity contribution in [2.75, 3.05) is 0 Å². The Kier molecular flexibility index (Phi) is 2.03. The van der Waals surface area contributed by atoms with Crippen molar-refractivity contribution in [3.8, 4) is 0 Å². The fraction of sp³-hybridized carbons (Fsp3) is 0.0667. The summed E-state index contributed by atoms with van der Waals surface area (Å²) in [7, 11) is 0. The van der Waals surface area contributed by atoms with Crippen LogP contribution in [0, 0.1) is 0 Å². The number of aliphatic hydroxyl groups excluding tert-OH is 1. The van der Waals surface area contributed by atoms with Crippen LogP contribution in [0.3, 0.4) is 0 Å². The smallest absolute Gasteiger partial charge is 0.0966 e. The summed E-state index contributed by atoms with van der Waals surface area (Å²) in [6.07, 6.45) is 6.36. The van der Waals surface area contributed by atoms with Crippen molar-refractivity contribution < 1.29 is 5.11 Å². The molecule has 1 heteroatoms. The first-order valence-corrected chi connectivity index (χ1v) is 5.41. The molecule has 2 aromatic rings. The average molecular weight is 208 g/mol. The number of fused-ring (bicyclic) bond motifs is 3. The van der Waals surface area contributed by atoms with Gasteiger partial charge >= 0.3 is 0 Å². The molecule has 1 aliphatic carbocycles. The van der Waals surface area contributed by atoms with Crippen LogP contribution in [0.2, 0.25) is 0 Å². The van der Waals surface area contributed by atoms with Crippen molar-refractivity contribution in [1.29, 1.82) is 0 Å². The maximum absolute atomic E-state index is 9.62. The Balaban J connectivity index is 2.32. The Bertz CT molecular complexity index is 606. The highest BCUT2D eigenvalue weighted by Gasteiger charge is 2.08. The molecule has 0 saturated heterocycles. The standard InChI is InChI=1S/C15H12O/c16-13-5-3-7-15-12(10-13)9-8-11-4-1-2-6-14(11)15/h1-9,16H,10H2. The van der Waals surface area contributed by atoms with Crippen molar-refractivity contribution in [3.63, 3.8) is 0 Å². The fourth-order valence-electron chi connectivity index (χ4n) is 2.20. The molecule has 0 unspecified atom stereocenters. The van der Waals surface area contributed by atoms with Gasteiger partial charge in [0.1, 0.15) is 0 Å². The van der Waals surface area contributed by atoms with E-state index < -0.39 is 0 Å². The lowest BCUT2D eigenvalue weighted by molar-refractivity contribution is 0.399. The van der Waals surface area contributed by atoms with E-state index in [0.29, 0.717) is 12.2 Å². The Labute approximate surface area is 94.3 Å². The molecule has 0 aliphatic heterocycles. The molecular formula is C15H12O. The third-order valence-corrected chi connectivity index (χ3v) is 2.98. The van der Waals surface area contributed by atoms with E-state index in [2.05, 4.69) is 36.4 Å². The third kappa shape index (κ3) is 1.41. The van der Waals surface area contributed by atoms with Gasteiger partial charge in [0.25, 0.3) is 0 Å². The van der Waals surface area contributed by atoms with E-state index in [9.17, 15) is 5.11 Å². The van der Waals surface area contributed by atoms with Crippen LogP contribution in [0.4, 0.5) is 0 Å². The second-order valence-electron chi connectivity index (χ2n) is 4.05. The minimum Gasteiger partial charge on any atom is -0.512 e. The Hall–Kier alpha value is -2.02. The first kappa shape index (κ1) is 9.22. The molecule has 1 aliphatic rings. The monoisotopic (exact) mass is 208 g/mol. The highest BCUT2D eigenvalue weighted by Crippen LogP contribution is 2.26. The van der Waals surface area contributed by atoms with Crippen LogP contribution < -0.4 is 0 Å². The molecule has 0 spiro atoms. The summed E-state index contributed by atoms with van der Waals surface area (Å²) in [5.41, 5.74) is 2.40. The van der Waals surface area contributed by atoms with Gasteiger partial charge in [-0.3, -0.25) is 0 Å². The van der Waals surface area contributed by atoms with Gasteiger partial charge in [0, 0.05) is 6.42 Å². The van der Waals surface area contributed by atoms with Crippen molar-refractivity contribution in [3.05, 3.63) is 65.4 Å². The molecule has 0 radical (unpaired) electrons. The summed E-state index contributed by atoms with van der Waals surface area (Å²) in [5, 5.41) is 12.1. The minimum atomic E-state index is 0.422. The van der Waals surface area contributed by atoms with Gasteiger partial charge in [0.05, 0.1) is 5.76 Å². The first-order valence-electron chi connectivity index (χ1n) is 5.41. The van der Waals surface area contributed by atoms with Crippen LogP contribution in [0.5, 0.6) is 0 Å². The van der Waals surface area contributed by atoms with Crippen molar-refractivity contribution in [2.45, 2.75) is 6.42 Å². The van der Waals surface area contributed by atoms with Gasteiger partial charge in [0.2, 0.25) is 0 Å². The van der Waals surface area contributed by atoms with E-state index in [1.54, 1.807) is 6.08 Å². The van der Waals surface area contributed by atoms with E-state index in [1.165, 1.54) is 21.9 Å². The predicted octanol–water partition coefficient (Wildman–Crippen LogP) is 3.85. The van der Waals surface area contributed by atoms with Crippen LogP contribution >= 0.6 is 0 Å². The minimum absolute atomic E-state index is 0.422. The highest BCUT2D eigenvalue weighted by atomic mass is 16.3. The summed E-state index contributed by atoms with van der Waals surface area (Å²) in [4.78, 5) is 0. The normalized spacial score (nSPS) is 14.4. The molecule has 0 atom stereocenters. The van der Waals surface area contributed by atoms with Gasteiger partial charge < -0.3 is 5.11 Å². The number of hydrogen-bond acceptors (Lipinski definition) is 1. The summed E-state index contributed by atoms with van der Waals surface area (Å²) < 4.78 is 0. The maximum Gasteiger partial charge on any atom is 0.0966 e. The van der Waals surface area contributed by atoms with Gasteiger partial charge in [-0.05, 0) is 28.0 Å². The lowest BCUT2D eigenvalue weighted by atomic mass is 9.97. The van der Waals surface area contributed by atoms with Gasteiger partial charge in [0.15, 0.2) is 0 Å². The second kappa shape index (κ2) is 3.53. The Morgan fingerprint density at radius 3 is 2.81 bits per heavy atom. The van der Waals surface area contributed by atoms with E-state index in [0.717, 1.165) is 0 Å². The van der Waals surface area contributed by atoms with E-state index in [1.807, 2.05) is 12.1 Å². The zero-order valence-corrected chi connectivity index (χ0v) is 8.85. The third-order valence-electron chi connectivity index (χ3n) is 2.98. The van der Waals surface area contributed by atoms with Gasteiger partial charge in [-0.1, -0.05) is 48.6 Å². The SMILES string of the molecule is OC1=CC=Cc2c(ccc3ccccc23)C1. The molecule has 0 bridgehead atoms. The van der Waals surface area contributed by atoms with Crippen LogP contribution in [-0.4, -0.2) is 5.11 Å². The lowest BCUT2D eigenvalue weighted by Gasteiger charge is -2.08. The largest absolute Gasteiger partial charge is 0.512 e. The summed E-state index contributed by atoms with van der Waals surface area (Å²) in [6.45, 7) is 0. The van der Waals surface area contributed by atoms with Crippen LogP contribution in [0.15, 0.2) is 54.3 Å². The van der Waals surface area contributed by atoms with Crippen molar-refractivity contribution in [1.82, 2.24) is 0 Å². The quantitative estimate of drug-likeness (QED) is 0.697. The van der Waals surface area contributed by atoms with Crippen LogP contribution in [0.25, 0.3) is 16.8 Å². The van der Waals surface area contributed by atoms with Crippen molar-refractivity contribution in [2.24, 2.45) is 0 Å². The van der Waals surface area contributed by atoms with Gasteiger partial charge in [-0.15, -0.1) is 0 Å². The lowest BCUT2D eigenvalue weighted by Crippen LogP contribution is -1.92. The first-order chi connectivity index (χ1) is 7.84. The zero-order chi connectivity index (χ0) is 11.0. The molecular weight excluding hydrogens is 196 g/mol. The molecule has 0 heterocycles. The summed E-state index contributed by atoms with van der Waals surface area (Å²) >= 11 is 0. The molecule has 78 valence electrons. The number of benzene rings is 2. The van der Waals surface area contributed by atoms with Crippen LogP contribution in [0.1, 0.15) is 11.1 Å². The topological polar surface area (TPSA) is 20.2 Å². The number of allylic oxidation sites excluding steroid dienone is 3.